The van der Waals surface area contributed by atoms with Gasteiger partial charge in [-0.15, -0.1) is 0 Å². The molecule has 0 amide bonds. The van der Waals surface area contributed by atoms with Gasteiger partial charge in [0.05, 0.1) is 0 Å². The molecule has 2 aromatic rings. The molecule has 0 unspecified atom stereocenters. The van der Waals surface area contributed by atoms with Crippen LogP contribution in [0.3, 0.4) is 0 Å². The van der Waals surface area contributed by atoms with Crippen LogP contribution in [0, 0.1) is 0 Å². The van der Waals surface area contributed by atoms with Gasteiger partial charge in [0.2, 0.25) is 0 Å². The highest BCUT2D eigenvalue weighted by molar-refractivity contribution is 5.62. The Balaban J connectivity index is 1.70. The van der Waals surface area contributed by atoms with Gasteiger partial charge in [-0.05, 0) is 48.2 Å². The molecule has 0 atom stereocenters. The van der Waals surface area contributed by atoms with Crippen molar-refractivity contribution in [2.24, 2.45) is 0 Å². The molecule has 0 radical (unpaired) electrons. The summed E-state index contributed by atoms with van der Waals surface area (Å²) in [5, 5.41) is 0. The van der Waals surface area contributed by atoms with Crippen LogP contribution in [-0.4, -0.2) is 9.97 Å². The second kappa shape index (κ2) is 10.1. The largest absolute Gasteiger partial charge is 0.265 e. The molecule has 0 aliphatic heterocycles. The fourth-order valence-electron chi connectivity index (χ4n) is 2.78. The van der Waals surface area contributed by atoms with Gasteiger partial charge in [0, 0.05) is 24.3 Å². The number of nitrogens with zero attached hydrogens (tertiary/aromatic N) is 2. The van der Waals surface area contributed by atoms with Crippen LogP contribution in [0.2, 0.25) is 0 Å². The smallest absolute Gasteiger partial charge is 0.0409 e. The molecule has 118 valence electrons. The number of hydrogen-bond acceptors (Lipinski definition) is 2. The molecule has 0 saturated carbocycles. The number of rotatable bonds is 10. The zero-order valence-corrected chi connectivity index (χ0v) is 13.8. The van der Waals surface area contributed by atoms with E-state index in [0.717, 1.165) is 6.42 Å². The lowest BCUT2D eigenvalue weighted by molar-refractivity contribution is 0.574. The summed E-state index contributed by atoms with van der Waals surface area (Å²) in [7, 11) is 0. The zero-order valence-electron chi connectivity index (χ0n) is 13.8. The summed E-state index contributed by atoms with van der Waals surface area (Å²) < 4.78 is 0. The maximum absolute atomic E-state index is 4.51. The van der Waals surface area contributed by atoms with E-state index in [0.29, 0.717) is 0 Å². The van der Waals surface area contributed by atoms with Gasteiger partial charge in [-0.1, -0.05) is 51.9 Å². The molecular formula is C20H28N2. The molecule has 22 heavy (non-hydrogen) atoms. The number of aromatic nitrogens is 2. The molecular weight excluding hydrogens is 268 g/mol. The van der Waals surface area contributed by atoms with Crippen molar-refractivity contribution in [3.63, 3.8) is 0 Å². The summed E-state index contributed by atoms with van der Waals surface area (Å²) in [6, 6.07) is 8.40. The van der Waals surface area contributed by atoms with Gasteiger partial charge < -0.3 is 0 Å². The van der Waals surface area contributed by atoms with Crippen LogP contribution in [0.5, 0.6) is 0 Å². The van der Waals surface area contributed by atoms with Crippen molar-refractivity contribution in [1.29, 1.82) is 0 Å². The Bertz CT molecular complexity index is 522. The van der Waals surface area contributed by atoms with Crippen LogP contribution in [0.25, 0.3) is 11.1 Å². The van der Waals surface area contributed by atoms with E-state index in [1.54, 1.807) is 0 Å². The lowest BCUT2D eigenvalue weighted by atomic mass is 10.0. The fourth-order valence-corrected chi connectivity index (χ4v) is 2.78. The monoisotopic (exact) mass is 296 g/mol. The van der Waals surface area contributed by atoms with Crippen molar-refractivity contribution in [2.75, 3.05) is 0 Å². The molecule has 0 aliphatic rings. The van der Waals surface area contributed by atoms with Gasteiger partial charge in [-0.3, -0.25) is 9.97 Å². The van der Waals surface area contributed by atoms with Gasteiger partial charge in [0.25, 0.3) is 0 Å². The third-order valence-corrected chi connectivity index (χ3v) is 4.12. The van der Waals surface area contributed by atoms with Crippen LogP contribution >= 0.6 is 0 Å². The van der Waals surface area contributed by atoms with Crippen molar-refractivity contribution < 1.29 is 0 Å². The van der Waals surface area contributed by atoms with E-state index < -0.39 is 0 Å². The molecule has 0 N–H and O–H groups in total. The van der Waals surface area contributed by atoms with Gasteiger partial charge >= 0.3 is 0 Å². The summed E-state index contributed by atoms with van der Waals surface area (Å²) >= 11 is 0. The Morgan fingerprint density at radius 3 is 2.09 bits per heavy atom. The van der Waals surface area contributed by atoms with E-state index >= 15 is 0 Å². The lowest BCUT2D eigenvalue weighted by Gasteiger charge is -2.05. The Hall–Kier alpha value is -1.70. The Morgan fingerprint density at radius 1 is 0.727 bits per heavy atom. The van der Waals surface area contributed by atoms with Gasteiger partial charge in [-0.2, -0.15) is 0 Å². The van der Waals surface area contributed by atoms with Gasteiger partial charge in [0.15, 0.2) is 0 Å². The third kappa shape index (κ3) is 5.97. The maximum Gasteiger partial charge on any atom is 0.0409 e. The molecule has 2 heterocycles. The first kappa shape index (κ1) is 16.7. The topological polar surface area (TPSA) is 25.8 Å². The second-order valence-corrected chi connectivity index (χ2v) is 6.00. The molecule has 0 aliphatic carbocycles. The SMILES string of the molecule is CCCCCCCCCCc1cc(-c2ccncc2)ccn1. The molecule has 2 aromatic heterocycles. The van der Waals surface area contributed by atoms with Crippen molar-refractivity contribution in [1.82, 2.24) is 9.97 Å². The first-order valence-corrected chi connectivity index (χ1v) is 8.75. The van der Waals surface area contributed by atoms with E-state index in [9.17, 15) is 0 Å². The van der Waals surface area contributed by atoms with E-state index in [1.165, 1.54) is 68.2 Å². The fraction of sp³-hybridized carbons (Fsp3) is 0.500. The minimum atomic E-state index is 1.09. The highest BCUT2D eigenvalue weighted by Gasteiger charge is 2.00. The third-order valence-electron chi connectivity index (χ3n) is 4.12. The molecule has 2 nitrogen and oxygen atoms in total. The summed E-state index contributed by atoms with van der Waals surface area (Å²) in [5.74, 6) is 0. The molecule has 2 heteroatoms. The van der Waals surface area contributed by atoms with E-state index in [2.05, 4.69) is 41.2 Å². The van der Waals surface area contributed by atoms with Crippen LogP contribution in [-0.2, 0) is 6.42 Å². The van der Waals surface area contributed by atoms with Crippen LogP contribution in [0.4, 0.5) is 0 Å². The first-order chi connectivity index (χ1) is 10.9. The summed E-state index contributed by atoms with van der Waals surface area (Å²) in [6.45, 7) is 2.27. The van der Waals surface area contributed by atoms with Gasteiger partial charge in [-0.25, -0.2) is 0 Å². The van der Waals surface area contributed by atoms with Crippen LogP contribution < -0.4 is 0 Å². The zero-order chi connectivity index (χ0) is 15.5. The predicted octanol–water partition coefficient (Wildman–Crippen LogP) is 5.83. The average molecular weight is 296 g/mol. The molecule has 0 bridgehead atoms. The maximum atomic E-state index is 4.51. The normalized spacial score (nSPS) is 10.8. The van der Waals surface area contributed by atoms with Crippen molar-refractivity contribution in [3.8, 4) is 11.1 Å². The lowest BCUT2D eigenvalue weighted by Crippen LogP contribution is -1.91. The Kier molecular flexibility index (Phi) is 7.65. The highest BCUT2D eigenvalue weighted by atomic mass is 14.7. The van der Waals surface area contributed by atoms with Gasteiger partial charge in [0.1, 0.15) is 0 Å². The first-order valence-electron chi connectivity index (χ1n) is 8.75. The molecule has 0 aromatic carbocycles. The number of hydrogen-bond donors (Lipinski definition) is 0. The Morgan fingerprint density at radius 2 is 1.36 bits per heavy atom. The average Bonchev–Trinajstić information content (AvgIpc) is 2.58. The Labute approximate surface area is 135 Å². The summed E-state index contributed by atoms with van der Waals surface area (Å²) in [5.41, 5.74) is 3.67. The van der Waals surface area contributed by atoms with Crippen LogP contribution in [0.1, 0.15) is 64.0 Å². The second-order valence-electron chi connectivity index (χ2n) is 6.00. The number of unbranched alkanes of at least 4 members (excludes halogenated alkanes) is 7. The summed E-state index contributed by atoms with van der Waals surface area (Å²) in [6.07, 6.45) is 17.6. The van der Waals surface area contributed by atoms with E-state index in [1.807, 2.05) is 18.6 Å². The minimum absolute atomic E-state index is 1.09. The molecule has 2 rings (SSSR count). The standard InChI is InChI=1S/C20H28N2/c1-2-3-4-5-6-7-8-9-10-20-17-19(13-16-22-20)18-11-14-21-15-12-18/h11-17H,2-10H2,1H3. The van der Waals surface area contributed by atoms with E-state index in [-0.39, 0.29) is 0 Å². The van der Waals surface area contributed by atoms with Crippen molar-refractivity contribution >= 4 is 0 Å². The molecule has 0 fully saturated rings. The van der Waals surface area contributed by atoms with Crippen molar-refractivity contribution in [2.45, 2.75) is 64.7 Å². The quantitative estimate of drug-likeness (QED) is 0.516. The summed E-state index contributed by atoms with van der Waals surface area (Å²) in [4.78, 5) is 8.58. The molecule has 0 spiro atoms. The minimum Gasteiger partial charge on any atom is -0.265 e. The molecule has 0 saturated heterocycles. The predicted molar refractivity (Wildman–Crippen MR) is 93.8 cm³/mol. The number of pyridine rings is 2. The van der Waals surface area contributed by atoms with Crippen LogP contribution in [0.15, 0.2) is 42.9 Å². The number of aryl methyl sites for hydroxylation is 1. The van der Waals surface area contributed by atoms with Crippen molar-refractivity contribution in [3.05, 3.63) is 48.5 Å². The highest BCUT2D eigenvalue weighted by Crippen LogP contribution is 2.19. The van der Waals surface area contributed by atoms with E-state index in [4.69, 9.17) is 0 Å².